The summed E-state index contributed by atoms with van der Waals surface area (Å²) in [5.74, 6) is -0.560. The first kappa shape index (κ1) is 7.12. The Bertz CT molecular complexity index is 348. The molecule has 2 rings (SSSR count). The molecule has 0 bridgehead atoms. The summed E-state index contributed by atoms with van der Waals surface area (Å²) in [6, 6.07) is 4.87. The molecular formula is C8H7NO3. The summed E-state index contributed by atoms with van der Waals surface area (Å²) in [4.78, 5) is 11.0. The van der Waals surface area contributed by atoms with Crippen LogP contribution in [0.25, 0.3) is 0 Å². The molecule has 4 nitrogen and oxygen atoms in total. The summed E-state index contributed by atoms with van der Waals surface area (Å²) in [5.41, 5.74) is 6.58. The molecule has 1 aliphatic rings. The standard InChI is InChI=1S/C8H7NO3/c9-5-3-1-2-4-6(5)8(11)12-7(4)10/h1-3,7,10H,9H2. The number of nitrogen functional groups attached to an aromatic ring is 1. The maximum atomic E-state index is 11.0. The van der Waals surface area contributed by atoms with Gasteiger partial charge in [-0.05, 0) is 6.07 Å². The van der Waals surface area contributed by atoms with Crippen molar-refractivity contribution in [3.63, 3.8) is 0 Å². The van der Waals surface area contributed by atoms with Crippen LogP contribution < -0.4 is 5.73 Å². The molecule has 0 radical (unpaired) electrons. The Kier molecular flexibility index (Phi) is 1.31. The number of carbonyl (C=O) groups excluding carboxylic acids is 1. The van der Waals surface area contributed by atoms with Gasteiger partial charge in [-0.3, -0.25) is 0 Å². The molecule has 1 aromatic carbocycles. The minimum absolute atomic E-state index is 0.282. The van der Waals surface area contributed by atoms with Gasteiger partial charge < -0.3 is 15.6 Å². The van der Waals surface area contributed by atoms with Crippen LogP contribution in [0.5, 0.6) is 0 Å². The summed E-state index contributed by atoms with van der Waals surface area (Å²) >= 11 is 0. The van der Waals surface area contributed by atoms with E-state index in [2.05, 4.69) is 4.74 Å². The van der Waals surface area contributed by atoms with Gasteiger partial charge in [0.1, 0.15) is 0 Å². The lowest BCUT2D eigenvalue weighted by Crippen LogP contribution is -1.99. The number of fused-ring (bicyclic) bond motifs is 1. The van der Waals surface area contributed by atoms with Crippen LogP contribution in [0, 0.1) is 0 Å². The summed E-state index contributed by atoms with van der Waals surface area (Å²) in [5, 5.41) is 9.18. The fourth-order valence-electron chi connectivity index (χ4n) is 1.25. The molecule has 3 N–H and O–H groups in total. The van der Waals surface area contributed by atoms with Gasteiger partial charge in [-0.15, -0.1) is 0 Å². The number of esters is 1. The van der Waals surface area contributed by atoms with E-state index in [1.54, 1.807) is 18.2 Å². The van der Waals surface area contributed by atoms with Gasteiger partial charge in [0.25, 0.3) is 0 Å². The van der Waals surface area contributed by atoms with E-state index in [0.717, 1.165) is 0 Å². The van der Waals surface area contributed by atoms with Crippen molar-refractivity contribution in [1.82, 2.24) is 0 Å². The van der Waals surface area contributed by atoms with Crippen LogP contribution in [0.4, 0.5) is 5.69 Å². The van der Waals surface area contributed by atoms with E-state index in [1.165, 1.54) is 0 Å². The lowest BCUT2D eigenvalue weighted by Gasteiger charge is -2.00. The number of benzene rings is 1. The zero-order chi connectivity index (χ0) is 8.72. The second-order valence-electron chi connectivity index (χ2n) is 2.57. The molecule has 1 unspecified atom stereocenters. The molecule has 0 saturated heterocycles. The number of rotatable bonds is 0. The molecule has 0 aliphatic carbocycles. The van der Waals surface area contributed by atoms with Gasteiger partial charge in [0.2, 0.25) is 6.29 Å². The van der Waals surface area contributed by atoms with Gasteiger partial charge in [-0.25, -0.2) is 4.79 Å². The number of ether oxygens (including phenoxy) is 1. The highest BCUT2D eigenvalue weighted by Crippen LogP contribution is 2.31. The van der Waals surface area contributed by atoms with Crippen LogP contribution in [-0.4, -0.2) is 11.1 Å². The van der Waals surface area contributed by atoms with Crippen molar-refractivity contribution in [2.24, 2.45) is 0 Å². The minimum atomic E-state index is -1.16. The first-order valence-electron chi connectivity index (χ1n) is 3.47. The Hall–Kier alpha value is -1.55. The lowest BCUT2D eigenvalue weighted by atomic mass is 10.1. The molecule has 0 saturated carbocycles. The highest BCUT2D eigenvalue weighted by molar-refractivity contribution is 5.99. The predicted octanol–water partition coefficient (Wildman–Crippen LogP) is 0.430. The number of hydrogen-bond donors (Lipinski definition) is 2. The zero-order valence-electron chi connectivity index (χ0n) is 6.15. The number of nitrogens with two attached hydrogens (primary N) is 1. The molecule has 12 heavy (non-hydrogen) atoms. The molecule has 0 fully saturated rings. The van der Waals surface area contributed by atoms with Crippen molar-refractivity contribution in [3.05, 3.63) is 29.3 Å². The van der Waals surface area contributed by atoms with E-state index in [-0.39, 0.29) is 5.56 Å². The first-order chi connectivity index (χ1) is 5.70. The van der Waals surface area contributed by atoms with E-state index in [9.17, 15) is 9.90 Å². The second kappa shape index (κ2) is 2.22. The van der Waals surface area contributed by atoms with Crippen molar-refractivity contribution in [2.75, 3.05) is 5.73 Å². The molecule has 62 valence electrons. The van der Waals surface area contributed by atoms with E-state index in [4.69, 9.17) is 5.73 Å². The molecule has 0 aromatic heterocycles. The molecule has 1 atom stereocenters. The van der Waals surface area contributed by atoms with Crippen LogP contribution in [0.1, 0.15) is 22.2 Å². The fourth-order valence-corrected chi connectivity index (χ4v) is 1.25. The third kappa shape index (κ3) is 0.785. The predicted molar refractivity (Wildman–Crippen MR) is 41.2 cm³/mol. The smallest absolute Gasteiger partial charge is 0.343 e. The molecule has 1 heterocycles. The second-order valence-corrected chi connectivity index (χ2v) is 2.57. The maximum Gasteiger partial charge on any atom is 0.343 e. The number of carbonyl (C=O) groups is 1. The average molecular weight is 165 g/mol. The Morgan fingerprint density at radius 3 is 2.92 bits per heavy atom. The zero-order valence-corrected chi connectivity index (χ0v) is 6.15. The summed E-state index contributed by atoms with van der Waals surface area (Å²) < 4.78 is 4.55. The van der Waals surface area contributed by atoms with Crippen LogP contribution >= 0.6 is 0 Å². The third-order valence-electron chi connectivity index (χ3n) is 1.82. The highest BCUT2D eigenvalue weighted by atomic mass is 16.6. The number of aliphatic hydroxyl groups is 1. The van der Waals surface area contributed by atoms with Gasteiger partial charge in [0, 0.05) is 11.3 Å². The van der Waals surface area contributed by atoms with E-state index in [0.29, 0.717) is 11.3 Å². The Morgan fingerprint density at radius 1 is 1.50 bits per heavy atom. The highest BCUT2D eigenvalue weighted by Gasteiger charge is 2.30. The Morgan fingerprint density at radius 2 is 2.25 bits per heavy atom. The van der Waals surface area contributed by atoms with Gasteiger partial charge in [-0.1, -0.05) is 12.1 Å². The van der Waals surface area contributed by atoms with E-state index in [1.807, 2.05) is 0 Å². The van der Waals surface area contributed by atoms with Crippen LogP contribution in [0.15, 0.2) is 18.2 Å². The molecule has 1 aliphatic heterocycles. The molecule has 4 heteroatoms. The SMILES string of the molecule is Nc1cccc2c1C(=O)OC2O. The van der Waals surface area contributed by atoms with Crippen molar-refractivity contribution in [1.29, 1.82) is 0 Å². The van der Waals surface area contributed by atoms with Crippen LogP contribution in [0.3, 0.4) is 0 Å². The molecule has 0 spiro atoms. The van der Waals surface area contributed by atoms with Crippen LogP contribution in [-0.2, 0) is 4.74 Å². The largest absolute Gasteiger partial charge is 0.428 e. The maximum absolute atomic E-state index is 11.0. The normalized spacial score (nSPS) is 20.4. The van der Waals surface area contributed by atoms with Crippen molar-refractivity contribution >= 4 is 11.7 Å². The van der Waals surface area contributed by atoms with Gasteiger partial charge in [0.05, 0.1) is 5.56 Å². The monoisotopic (exact) mass is 165 g/mol. The first-order valence-corrected chi connectivity index (χ1v) is 3.47. The van der Waals surface area contributed by atoms with Crippen LogP contribution in [0.2, 0.25) is 0 Å². The third-order valence-corrected chi connectivity index (χ3v) is 1.82. The minimum Gasteiger partial charge on any atom is -0.428 e. The number of anilines is 1. The van der Waals surface area contributed by atoms with Crippen molar-refractivity contribution < 1.29 is 14.6 Å². The van der Waals surface area contributed by atoms with Gasteiger partial charge in [-0.2, -0.15) is 0 Å². The summed E-state index contributed by atoms with van der Waals surface area (Å²) in [6.45, 7) is 0. The van der Waals surface area contributed by atoms with Crippen molar-refractivity contribution in [3.8, 4) is 0 Å². The van der Waals surface area contributed by atoms with Gasteiger partial charge >= 0.3 is 5.97 Å². The summed E-state index contributed by atoms with van der Waals surface area (Å²) in [7, 11) is 0. The summed E-state index contributed by atoms with van der Waals surface area (Å²) in [6.07, 6.45) is -1.16. The van der Waals surface area contributed by atoms with E-state index >= 15 is 0 Å². The fraction of sp³-hybridized carbons (Fsp3) is 0.125. The van der Waals surface area contributed by atoms with E-state index < -0.39 is 12.3 Å². The quantitative estimate of drug-likeness (QED) is 0.432. The topological polar surface area (TPSA) is 72.6 Å². The van der Waals surface area contributed by atoms with Crippen molar-refractivity contribution in [2.45, 2.75) is 6.29 Å². The molecular weight excluding hydrogens is 158 g/mol. The molecule has 0 amide bonds. The Balaban J connectivity index is 2.67. The number of cyclic esters (lactones) is 1. The Labute approximate surface area is 68.6 Å². The lowest BCUT2D eigenvalue weighted by molar-refractivity contribution is -0.0547. The number of hydrogen-bond acceptors (Lipinski definition) is 4. The number of aliphatic hydroxyl groups excluding tert-OH is 1. The molecule has 1 aromatic rings. The van der Waals surface area contributed by atoms with Gasteiger partial charge in [0.15, 0.2) is 0 Å². The average Bonchev–Trinajstić information content (AvgIpc) is 2.29.